The predicted molar refractivity (Wildman–Crippen MR) is 62.0 cm³/mol. The average molecular weight is 264 g/mol. The molecule has 2 aromatic heterocycles. The number of hydrogen-bond donors (Lipinski definition) is 1. The zero-order chi connectivity index (χ0) is 13.4. The summed E-state index contributed by atoms with van der Waals surface area (Å²) in [6.45, 7) is 0. The van der Waals surface area contributed by atoms with Gasteiger partial charge in [0.15, 0.2) is 6.10 Å². The summed E-state index contributed by atoms with van der Waals surface area (Å²) < 4.78 is 24.9. The number of H-pyrrole nitrogens is 1. The first-order valence-electron chi connectivity index (χ1n) is 5.53. The molecule has 98 valence electrons. The molecule has 1 N–H and O–H groups in total. The maximum atomic E-state index is 13.3. The van der Waals surface area contributed by atoms with Gasteiger partial charge in [0, 0.05) is 0 Å². The summed E-state index contributed by atoms with van der Waals surface area (Å²) in [6, 6.07) is 2.80. The van der Waals surface area contributed by atoms with Crippen LogP contribution in [-0.4, -0.2) is 9.55 Å². The fourth-order valence-electron chi connectivity index (χ4n) is 2.00. The largest absolute Gasteiger partial charge is 0.488 e. The van der Waals surface area contributed by atoms with Crippen LogP contribution >= 0.6 is 0 Å². The highest BCUT2D eigenvalue weighted by Crippen LogP contribution is 2.35. The number of aromatic amines is 1. The number of nitrogens with zero attached hydrogens (tertiary/aromatic N) is 1. The topological polar surface area (TPSA) is 77.2 Å². The molecule has 3 rings (SSSR count). The fraction of sp³-hybridized carbons (Fsp3) is 0.167. The Hall–Kier alpha value is -2.57. The highest BCUT2D eigenvalue weighted by Gasteiger charge is 2.31. The Bertz CT molecular complexity index is 729. The van der Waals surface area contributed by atoms with Gasteiger partial charge in [0.2, 0.25) is 5.82 Å². The molecule has 7 heteroatoms. The molecule has 3 heterocycles. The summed E-state index contributed by atoms with van der Waals surface area (Å²) >= 11 is 0. The lowest BCUT2D eigenvalue weighted by atomic mass is 10.1. The van der Waals surface area contributed by atoms with Crippen molar-refractivity contribution in [1.82, 2.24) is 9.55 Å². The lowest BCUT2D eigenvalue weighted by Gasteiger charge is -2.18. The van der Waals surface area contributed by atoms with E-state index in [1.54, 1.807) is 18.2 Å². The van der Waals surface area contributed by atoms with E-state index in [1.165, 1.54) is 12.5 Å². The first-order valence-corrected chi connectivity index (χ1v) is 5.53. The van der Waals surface area contributed by atoms with Gasteiger partial charge in [-0.2, -0.15) is 4.39 Å². The summed E-state index contributed by atoms with van der Waals surface area (Å²) in [7, 11) is 0. The summed E-state index contributed by atoms with van der Waals surface area (Å²) in [5.41, 5.74) is -1.75. The third-order valence-electron chi connectivity index (χ3n) is 2.88. The molecule has 1 aliphatic rings. The maximum absolute atomic E-state index is 13.3. The lowest BCUT2D eigenvalue weighted by Crippen LogP contribution is -2.34. The smallest absolute Gasteiger partial charge is 0.329 e. The van der Waals surface area contributed by atoms with Gasteiger partial charge in [0.25, 0.3) is 5.56 Å². The second kappa shape index (κ2) is 4.27. The Morgan fingerprint density at radius 3 is 2.95 bits per heavy atom. The van der Waals surface area contributed by atoms with Crippen molar-refractivity contribution in [1.29, 1.82) is 0 Å². The van der Waals surface area contributed by atoms with Crippen molar-refractivity contribution in [2.24, 2.45) is 0 Å². The molecule has 0 aliphatic carbocycles. The van der Waals surface area contributed by atoms with Crippen LogP contribution in [-0.2, 0) is 4.74 Å². The Morgan fingerprint density at radius 1 is 1.37 bits per heavy atom. The molecule has 0 fully saturated rings. The molecule has 2 aromatic rings. The Labute approximate surface area is 105 Å². The zero-order valence-electron chi connectivity index (χ0n) is 9.58. The van der Waals surface area contributed by atoms with E-state index in [0.717, 1.165) is 10.8 Å². The van der Waals surface area contributed by atoms with Crippen LogP contribution in [0.4, 0.5) is 4.39 Å². The van der Waals surface area contributed by atoms with Crippen molar-refractivity contribution in [3.63, 3.8) is 0 Å². The number of halogens is 1. The summed E-state index contributed by atoms with van der Waals surface area (Å²) in [6.07, 6.45) is 4.77. The third-order valence-corrected chi connectivity index (χ3v) is 2.88. The van der Waals surface area contributed by atoms with Crippen LogP contribution in [0.2, 0.25) is 0 Å². The highest BCUT2D eigenvalue weighted by molar-refractivity contribution is 5.13. The van der Waals surface area contributed by atoms with E-state index in [9.17, 15) is 14.0 Å². The Kier molecular flexibility index (Phi) is 2.59. The molecule has 6 nitrogen and oxygen atoms in total. The molecular formula is C12H9FN2O4. The molecule has 0 saturated heterocycles. The van der Waals surface area contributed by atoms with Crippen molar-refractivity contribution >= 4 is 0 Å². The van der Waals surface area contributed by atoms with E-state index >= 15 is 0 Å². The van der Waals surface area contributed by atoms with E-state index in [-0.39, 0.29) is 0 Å². The predicted octanol–water partition coefficient (Wildman–Crippen LogP) is 1.09. The van der Waals surface area contributed by atoms with Gasteiger partial charge in [-0.25, -0.2) is 4.79 Å². The molecule has 0 aromatic carbocycles. The zero-order valence-corrected chi connectivity index (χ0v) is 9.58. The SMILES string of the molecule is O=c1[nH]c(=O)n(C2C=COC2c2ccco2)cc1F. The van der Waals surface area contributed by atoms with Gasteiger partial charge in [-0.1, -0.05) is 0 Å². The molecule has 0 bridgehead atoms. The minimum atomic E-state index is -1.04. The molecule has 0 spiro atoms. The molecular weight excluding hydrogens is 255 g/mol. The van der Waals surface area contributed by atoms with Gasteiger partial charge in [-0.05, 0) is 18.2 Å². The van der Waals surface area contributed by atoms with Gasteiger partial charge >= 0.3 is 5.69 Å². The van der Waals surface area contributed by atoms with Gasteiger partial charge in [-0.15, -0.1) is 0 Å². The van der Waals surface area contributed by atoms with Crippen LogP contribution in [0.5, 0.6) is 0 Å². The maximum Gasteiger partial charge on any atom is 0.329 e. The van der Waals surface area contributed by atoms with Crippen LogP contribution in [0.15, 0.2) is 50.9 Å². The van der Waals surface area contributed by atoms with Crippen molar-refractivity contribution in [3.8, 4) is 0 Å². The van der Waals surface area contributed by atoms with Crippen LogP contribution in [0.25, 0.3) is 0 Å². The minimum absolute atomic E-state index is 0.508. The number of hydrogen-bond acceptors (Lipinski definition) is 4. The molecule has 0 amide bonds. The number of furan rings is 1. The van der Waals surface area contributed by atoms with Crippen molar-refractivity contribution < 1.29 is 13.5 Å². The standard InChI is InChI=1S/C12H9FN2O4/c13-7-6-15(12(17)14-11(7)16)8-3-5-19-10(8)9-2-1-4-18-9/h1-6,8,10H,(H,14,16,17). The number of nitrogens with one attached hydrogen (secondary N) is 1. The summed E-state index contributed by atoms with van der Waals surface area (Å²) in [5, 5.41) is 0. The molecule has 0 saturated carbocycles. The normalized spacial score (nSPS) is 21.5. The number of aromatic nitrogens is 2. The van der Waals surface area contributed by atoms with E-state index in [2.05, 4.69) is 0 Å². The fourth-order valence-corrected chi connectivity index (χ4v) is 2.00. The van der Waals surface area contributed by atoms with E-state index < -0.39 is 29.2 Å². The van der Waals surface area contributed by atoms with E-state index in [4.69, 9.17) is 9.15 Å². The number of ether oxygens (including phenoxy) is 1. The molecule has 1 aliphatic heterocycles. The van der Waals surface area contributed by atoms with Gasteiger partial charge in [0.05, 0.1) is 18.7 Å². The van der Waals surface area contributed by atoms with Crippen molar-refractivity contribution in [2.75, 3.05) is 0 Å². The molecule has 2 unspecified atom stereocenters. The second-order valence-corrected chi connectivity index (χ2v) is 4.03. The third kappa shape index (κ3) is 1.88. The van der Waals surface area contributed by atoms with Gasteiger partial charge in [0.1, 0.15) is 11.8 Å². The first kappa shape index (κ1) is 11.5. The van der Waals surface area contributed by atoms with Crippen LogP contribution in [0, 0.1) is 5.82 Å². The highest BCUT2D eigenvalue weighted by atomic mass is 19.1. The van der Waals surface area contributed by atoms with Crippen molar-refractivity contribution in [2.45, 2.75) is 12.1 Å². The Morgan fingerprint density at radius 2 is 2.21 bits per heavy atom. The summed E-state index contributed by atoms with van der Waals surface area (Å²) in [5.74, 6) is -0.522. The quantitative estimate of drug-likeness (QED) is 0.881. The van der Waals surface area contributed by atoms with Gasteiger partial charge in [-0.3, -0.25) is 14.3 Å². The molecule has 0 radical (unpaired) electrons. The lowest BCUT2D eigenvalue weighted by molar-refractivity contribution is 0.113. The monoisotopic (exact) mass is 264 g/mol. The average Bonchev–Trinajstić information content (AvgIpc) is 3.03. The second-order valence-electron chi connectivity index (χ2n) is 4.03. The van der Waals surface area contributed by atoms with E-state index in [0.29, 0.717) is 5.76 Å². The first-order chi connectivity index (χ1) is 9.16. The number of rotatable bonds is 2. The molecule has 2 atom stereocenters. The van der Waals surface area contributed by atoms with Crippen molar-refractivity contribution in [3.05, 3.63) is 69.3 Å². The van der Waals surface area contributed by atoms with Crippen LogP contribution < -0.4 is 11.2 Å². The summed E-state index contributed by atoms with van der Waals surface area (Å²) in [4.78, 5) is 24.6. The van der Waals surface area contributed by atoms with Gasteiger partial charge < -0.3 is 9.15 Å². The minimum Gasteiger partial charge on any atom is -0.488 e. The van der Waals surface area contributed by atoms with E-state index in [1.807, 2.05) is 4.98 Å². The van der Waals surface area contributed by atoms with Crippen LogP contribution in [0.3, 0.4) is 0 Å². The Balaban J connectivity index is 2.06. The van der Waals surface area contributed by atoms with Crippen LogP contribution in [0.1, 0.15) is 17.9 Å². The molecule has 19 heavy (non-hydrogen) atoms.